The van der Waals surface area contributed by atoms with Crippen LogP contribution in [-0.4, -0.2) is 48.0 Å². The van der Waals surface area contributed by atoms with Crippen LogP contribution in [-0.2, 0) is 20.2 Å². The van der Waals surface area contributed by atoms with Crippen LogP contribution < -0.4 is 69.7 Å². The zero-order valence-corrected chi connectivity index (χ0v) is 24.4. The van der Waals surface area contributed by atoms with Gasteiger partial charge in [-0.05, 0) is 60.7 Å². The zero-order valence-electron chi connectivity index (χ0n) is 18.8. The van der Waals surface area contributed by atoms with Crippen LogP contribution in [0.2, 0.25) is 0 Å². The number of phenols is 2. The van der Waals surface area contributed by atoms with Gasteiger partial charge in [0.05, 0.1) is 21.2 Å². The third-order valence-electron chi connectivity index (χ3n) is 4.42. The monoisotopic (exact) mass is 552 g/mol. The van der Waals surface area contributed by atoms with Gasteiger partial charge in [0.15, 0.2) is 0 Å². The molecule has 4 N–H and O–H groups in total. The Morgan fingerprint density at radius 2 is 0.917 bits per heavy atom. The van der Waals surface area contributed by atoms with Gasteiger partial charge in [-0.3, -0.25) is 9.59 Å². The van der Waals surface area contributed by atoms with Crippen molar-refractivity contribution in [3.63, 3.8) is 0 Å². The first-order chi connectivity index (χ1) is 15.8. The summed E-state index contributed by atoms with van der Waals surface area (Å²) < 4.78 is 66.7. The molecule has 3 aromatic rings. The molecular formula is C20H14N2Na2O10S2. The number of rotatable bonds is 6. The van der Waals surface area contributed by atoms with Crippen LogP contribution in [0.25, 0.3) is 0 Å². The first-order valence-corrected chi connectivity index (χ1v) is 11.9. The van der Waals surface area contributed by atoms with Crippen molar-refractivity contribution in [1.82, 2.24) is 0 Å². The summed E-state index contributed by atoms with van der Waals surface area (Å²) in [6.07, 6.45) is 0. The van der Waals surface area contributed by atoms with Gasteiger partial charge < -0.3 is 30.0 Å². The zero-order chi connectivity index (χ0) is 25.3. The van der Waals surface area contributed by atoms with Crippen molar-refractivity contribution in [2.45, 2.75) is 9.79 Å². The van der Waals surface area contributed by atoms with Gasteiger partial charge in [0.25, 0.3) is 11.8 Å². The number of phenolic OH excluding ortho intramolecular Hbond substituents is 2. The molecule has 0 bridgehead atoms. The third-order valence-corrected chi connectivity index (χ3v) is 6.08. The van der Waals surface area contributed by atoms with Crippen LogP contribution >= 0.6 is 0 Å². The van der Waals surface area contributed by atoms with Crippen molar-refractivity contribution in [3.8, 4) is 11.5 Å². The van der Waals surface area contributed by atoms with Crippen LogP contribution in [0.3, 0.4) is 0 Å². The molecule has 0 aliphatic carbocycles. The number of anilines is 2. The molecule has 12 nitrogen and oxygen atoms in total. The van der Waals surface area contributed by atoms with Gasteiger partial charge in [-0.1, -0.05) is 0 Å². The Morgan fingerprint density at radius 3 is 1.19 bits per heavy atom. The predicted molar refractivity (Wildman–Crippen MR) is 114 cm³/mol. The van der Waals surface area contributed by atoms with Gasteiger partial charge in [0.2, 0.25) is 0 Å². The number of aromatic hydroxyl groups is 2. The first-order valence-electron chi connectivity index (χ1n) is 9.06. The van der Waals surface area contributed by atoms with Crippen LogP contribution in [0.5, 0.6) is 11.5 Å². The van der Waals surface area contributed by atoms with Crippen molar-refractivity contribution in [2.24, 2.45) is 0 Å². The van der Waals surface area contributed by atoms with E-state index in [9.17, 15) is 45.7 Å². The van der Waals surface area contributed by atoms with E-state index >= 15 is 0 Å². The van der Waals surface area contributed by atoms with Crippen molar-refractivity contribution in [3.05, 3.63) is 71.8 Å². The Morgan fingerprint density at radius 1 is 0.611 bits per heavy atom. The van der Waals surface area contributed by atoms with Gasteiger partial charge in [-0.2, -0.15) is 0 Å². The summed E-state index contributed by atoms with van der Waals surface area (Å²) in [5.74, 6) is -2.57. The summed E-state index contributed by atoms with van der Waals surface area (Å²) in [7, 11) is -9.65. The molecule has 0 saturated heterocycles. The molecule has 16 heteroatoms. The number of carbonyl (C=O) groups excluding carboxylic acids is 2. The maximum atomic E-state index is 12.4. The third kappa shape index (κ3) is 8.01. The van der Waals surface area contributed by atoms with Crippen molar-refractivity contribution in [2.75, 3.05) is 10.6 Å². The fourth-order valence-electron chi connectivity index (χ4n) is 2.70. The summed E-state index contributed by atoms with van der Waals surface area (Å²) in [4.78, 5) is 23.5. The van der Waals surface area contributed by atoms with Gasteiger partial charge in [-0.25, -0.2) is 16.8 Å². The van der Waals surface area contributed by atoms with Crippen LogP contribution in [0.1, 0.15) is 20.7 Å². The molecule has 0 aliphatic rings. The SMILES string of the molecule is O=C(Nc1cc(S(=O)(=O)[O-])ccc1O)c1ccc(C(=O)Nc2cc(S(=O)(=O)[O-])ccc2O)cc1.[Na+].[Na+]. The second-order valence-corrected chi connectivity index (χ2v) is 9.51. The summed E-state index contributed by atoms with van der Waals surface area (Å²) in [5.41, 5.74) is -0.665. The summed E-state index contributed by atoms with van der Waals surface area (Å²) in [6, 6.07) is 10.1. The van der Waals surface area contributed by atoms with Crippen molar-refractivity contribution >= 4 is 43.4 Å². The maximum absolute atomic E-state index is 12.4. The minimum absolute atomic E-state index is 0. The van der Waals surface area contributed by atoms with Gasteiger partial charge in [-0.15, -0.1) is 0 Å². The van der Waals surface area contributed by atoms with E-state index in [2.05, 4.69) is 10.6 Å². The fourth-order valence-corrected chi connectivity index (χ4v) is 3.70. The van der Waals surface area contributed by atoms with E-state index in [1.54, 1.807) is 0 Å². The second kappa shape index (κ2) is 12.5. The number of hydrogen-bond acceptors (Lipinski definition) is 10. The minimum atomic E-state index is -4.82. The Hall–Kier alpha value is -1.98. The molecule has 0 heterocycles. The summed E-state index contributed by atoms with van der Waals surface area (Å²) >= 11 is 0. The molecule has 0 aliphatic heterocycles. The topological polar surface area (TPSA) is 213 Å². The molecule has 0 atom stereocenters. The Kier molecular flexibility index (Phi) is 11.1. The molecule has 0 saturated carbocycles. The number of carbonyl (C=O) groups is 2. The van der Waals surface area contributed by atoms with Gasteiger partial charge in [0.1, 0.15) is 31.7 Å². The van der Waals surface area contributed by atoms with Gasteiger partial charge in [0, 0.05) is 11.1 Å². The number of nitrogens with one attached hydrogen (secondary N) is 2. The number of hydrogen-bond donors (Lipinski definition) is 4. The normalized spacial score (nSPS) is 10.9. The van der Waals surface area contributed by atoms with Gasteiger partial charge >= 0.3 is 59.1 Å². The molecule has 0 fully saturated rings. The largest absolute Gasteiger partial charge is 1.00 e. The van der Waals surface area contributed by atoms with Crippen LogP contribution in [0, 0.1) is 0 Å². The fraction of sp³-hybridized carbons (Fsp3) is 0. The quantitative estimate of drug-likeness (QED) is 0.130. The first kappa shape index (κ1) is 32.0. The van der Waals surface area contributed by atoms with Crippen LogP contribution in [0.15, 0.2) is 70.5 Å². The van der Waals surface area contributed by atoms with E-state index in [4.69, 9.17) is 0 Å². The summed E-state index contributed by atoms with van der Waals surface area (Å²) in [6.45, 7) is 0. The van der Waals surface area contributed by atoms with Crippen LogP contribution in [0.4, 0.5) is 11.4 Å². The molecule has 0 radical (unpaired) electrons. The predicted octanol–water partition coefficient (Wildman–Crippen LogP) is -4.58. The Bertz CT molecular complexity index is 1400. The van der Waals surface area contributed by atoms with E-state index in [1.165, 1.54) is 24.3 Å². The molecule has 178 valence electrons. The van der Waals surface area contributed by atoms with Crippen molar-refractivity contribution in [1.29, 1.82) is 0 Å². The second-order valence-electron chi connectivity index (χ2n) is 6.75. The standard InChI is InChI=1S/C20H16N2O10S2.2Na/c23-17-7-5-13(33(27,28)29)9-15(17)21-19(25)11-1-2-12(4-3-11)20(26)22-16-10-14(34(30,31)32)6-8-18(16)24;;/h1-10,23-24H,(H,21,25)(H,22,26)(H,27,28,29)(H,30,31,32);;/q;2*+1/p-2. The molecular weight excluding hydrogens is 538 g/mol. The molecule has 3 rings (SSSR count). The molecule has 0 aromatic heterocycles. The number of benzene rings is 3. The molecule has 3 aromatic carbocycles. The average molecular weight is 552 g/mol. The van der Waals surface area contributed by atoms with E-state index < -0.39 is 53.3 Å². The van der Waals surface area contributed by atoms with E-state index in [-0.39, 0.29) is 81.6 Å². The smallest absolute Gasteiger partial charge is 0.744 e. The molecule has 2 amide bonds. The molecule has 0 spiro atoms. The van der Waals surface area contributed by atoms with E-state index in [0.29, 0.717) is 0 Å². The Balaban J connectivity index is 0.00000324. The number of amides is 2. The maximum Gasteiger partial charge on any atom is 1.00 e. The minimum Gasteiger partial charge on any atom is -0.744 e. The average Bonchev–Trinajstić information content (AvgIpc) is 2.75. The Labute approximate surface area is 249 Å². The van der Waals surface area contributed by atoms with E-state index in [0.717, 1.165) is 36.4 Å². The van der Waals surface area contributed by atoms with Crippen molar-refractivity contribution < 1.29 is 105 Å². The summed E-state index contributed by atoms with van der Waals surface area (Å²) in [5, 5.41) is 24.1. The molecule has 0 unspecified atom stereocenters. The van der Waals surface area contributed by atoms with E-state index in [1.807, 2.05) is 0 Å². The molecule has 36 heavy (non-hydrogen) atoms.